The van der Waals surface area contributed by atoms with E-state index in [0.29, 0.717) is 0 Å². The molecule has 20 heavy (non-hydrogen) atoms. The number of carbonyl (C=O) groups excluding carboxylic acids is 2. The Morgan fingerprint density at radius 2 is 1.90 bits per heavy atom. The number of nitrogens with zero attached hydrogens (tertiary/aromatic N) is 2. The van der Waals surface area contributed by atoms with Gasteiger partial charge in [0.25, 0.3) is 0 Å². The Morgan fingerprint density at radius 3 is 2.45 bits per heavy atom. The molecule has 0 saturated carbocycles. The number of aromatic nitrogens is 2. The van der Waals surface area contributed by atoms with Crippen LogP contribution in [0.1, 0.15) is 27.6 Å². The molecular formula is C14H13FN2O3. The first-order valence-corrected chi connectivity index (χ1v) is 5.97. The summed E-state index contributed by atoms with van der Waals surface area (Å²) in [5, 5.41) is 3.85. The molecule has 2 rings (SSSR count). The van der Waals surface area contributed by atoms with E-state index in [2.05, 4.69) is 5.10 Å². The lowest BCUT2D eigenvalue weighted by atomic mass is 10.1. The number of hydrogen-bond donors (Lipinski definition) is 0. The van der Waals surface area contributed by atoms with Gasteiger partial charge < -0.3 is 4.74 Å². The van der Waals surface area contributed by atoms with E-state index in [1.165, 1.54) is 48.3 Å². The maximum Gasteiger partial charge on any atom is 0.342 e. The third kappa shape index (κ3) is 3.09. The van der Waals surface area contributed by atoms with E-state index in [1.54, 1.807) is 7.05 Å². The van der Waals surface area contributed by atoms with Crippen molar-refractivity contribution in [3.8, 4) is 0 Å². The molecule has 0 aliphatic heterocycles. The molecule has 1 aromatic heterocycles. The van der Waals surface area contributed by atoms with E-state index in [1.807, 2.05) is 0 Å². The zero-order chi connectivity index (χ0) is 14.7. The van der Waals surface area contributed by atoms with Crippen molar-refractivity contribution in [2.75, 3.05) is 0 Å². The number of ketones is 1. The molecular weight excluding hydrogens is 263 g/mol. The highest BCUT2D eigenvalue weighted by atomic mass is 19.1. The van der Waals surface area contributed by atoms with Crippen LogP contribution >= 0.6 is 0 Å². The quantitative estimate of drug-likeness (QED) is 0.633. The summed E-state index contributed by atoms with van der Waals surface area (Å²) in [6.07, 6.45) is 1.91. The van der Waals surface area contributed by atoms with Crippen LogP contribution in [0.25, 0.3) is 0 Å². The smallest absolute Gasteiger partial charge is 0.342 e. The zero-order valence-electron chi connectivity index (χ0n) is 11.0. The minimum Gasteiger partial charge on any atom is -0.451 e. The van der Waals surface area contributed by atoms with Gasteiger partial charge in [-0.15, -0.1) is 0 Å². The lowest BCUT2D eigenvalue weighted by molar-refractivity contribution is 0.0318. The molecule has 0 bridgehead atoms. The first-order chi connectivity index (χ1) is 9.47. The van der Waals surface area contributed by atoms with Gasteiger partial charge in [-0.05, 0) is 31.2 Å². The molecule has 1 atom stereocenters. The van der Waals surface area contributed by atoms with Crippen molar-refractivity contribution in [2.24, 2.45) is 7.05 Å². The molecule has 0 radical (unpaired) electrons. The van der Waals surface area contributed by atoms with Crippen LogP contribution in [-0.4, -0.2) is 27.6 Å². The van der Waals surface area contributed by atoms with E-state index >= 15 is 0 Å². The third-order valence-electron chi connectivity index (χ3n) is 2.72. The molecule has 0 N–H and O–H groups in total. The van der Waals surface area contributed by atoms with E-state index in [-0.39, 0.29) is 16.9 Å². The van der Waals surface area contributed by atoms with Crippen LogP contribution in [0.5, 0.6) is 0 Å². The summed E-state index contributed by atoms with van der Waals surface area (Å²) < 4.78 is 19.3. The van der Waals surface area contributed by atoms with Crippen LogP contribution < -0.4 is 0 Å². The fraction of sp³-hybridized carbons (Fsp3) is 0.214. The summed E-state index contributed by atoms with van der Waals surface area (Å²) in [7, 11) is 1.67. The molecule has 6 heteroatoms. The van der Waals surface area contributed by atoms with Gasteiger partial charge in [0, 0.05) is 18.8 Å². The van der Waals surface area contributed by atoms with Crippen LogP contribution in [0.3, 0.4) is 0 Å². The number of ether oxygens (including phenoxy) is 1. The Bertz CT molecular complexity index is 634. The second-order valence-electron chi connectivity index (χ2n) is 4.32. The number of esters is 1. The third-order valence-corrected chi connectivity index (χ3v) is 2.72. The standard InChI is InChI=1S/C14H13FN2O3/c1-9(13(18)10-3-5-12(15)6-4-10)20-14(19)11-7-16-17(2)8-11/h3-9H,1-2H3/t9-/m1/s1. The van der Waals surface area contributed by atoms with Crippen LogP contribution in [0.2, 0.25) is 0 Å². The molecule has 0 aliphatic carbocycles. The molecule has 1 heterocycles. The normalized spacial score (nSPS) is 11.9. The summed E-state index contributed by atoms with van der Waals surface area (Å²) in [5.41, 5.74) is 0.559. The predicted molar refractivity (Wildman–Crippen MR) is 68.8 cm³/mol. The van der Waals surface area contributed by atoms with Gasteiger partial charge in [-0.1, -0.05) is 0 Å². The second-order valence-corrected chi connectivity index (χ2v) is 4.32. The molecule has 0 amide bonds. The van der Waals surface area contributed by atoms with Crippen molar-refractivity contribution in [1.82, 2.24) is 9.78 Å². The van der Waals surface area contributed by atoms with Gasteiger partial charge in [0.15, 0.2) is 6.10 Å². The number of aryl methyl sites for hydroxylation is 1. The van der Waals surface area contributed by atoms with Gasteiger partial charge in [0.2, 0.25) is 5.78 Å². The van der Waals surface area contributed by atoms with Gasteiger partial charge >= 0.3 is 5.97 Å². The first kappa shape index (κ1) is 13.9. The topological polar surface area (TPSA) is 61.2 Å². The van der Waals surface area contributed by atoms with Crippen LogP contribution in [0.15, 0.2) is 36.7 Å². The summed E-state index contributed by atoms with van der Waals surface area (Å²) in [6, 6.07) is 5.07. The van der Waals surface area contributed by atoms with Gasteiger partial charge in [-0.25, -0.2) is 9.18 Å². The minimum atomic E-state index is -0.951. The van der Waals surface area contributed by atoms with Crippen molar-refractivity contribution in [1.29, 1.82) is 0 Å². The largest absolute Gasteiger partial charge is 0.451 e. The Kier molecular flexibility index (Phi) is 3.93. The first-order valence-electron chi connectivity index (χ1n) is 5.97. The summed E-state index contributed by atoms with van der Waals surface area (Å²) in [6.45, 7) is 1.47. The summed E-state index contributed by atoms with van der Waals surface area (Å²) in [4.78, 5) is 23.8. The van der Waals surface area contributed by atoms with Crippen molar-refractivity contribution < 1.29 is 18.7 Å². The van der Waals surface area contributed by atoms with Gasteiger partial charge in [0.05, 0.1) is 11.8 Å². The molecule has 1 aromatic carbocycles. The molecule has 104 valence electrons. The fourth-order valence-electron chi connectivity index (χ4n) is 1.66. The van der Waals surface area contributed by atoms with Crippen LogP contribution in [-0.2, 0) is 11.8 Å². The SMILES string of the molecule is C[C@@H](OC(=O)c1cnn(C)c1)C(=O)c1ccc(F)cc1. The van der Waals surface area contributed by atoms with E-state index in [0.717, 1.165) is 0 Å². The molecule has 5 nitrogen and oxygen atoms in total. The Balaban J connectivity index is 2.04. The van der Waals surface area contributed by atoms with E-state index in [9.17, 15) is 14.0 Å². The van der Waals surface area contributed by atoms with Crippen molar-refractivity contribution in [3.05, 3.63) is 53.6 Å². The van der Waals surface area contributed by atoms with Crippen LogP contribution in [0.4, 0.5) is 4.39 Å². The molecule has 0 saturated heterocycles. The van der Waals surface area contributed by atoms with Crippen molar-refractivity contribution in [3.63, 3.8) is 0 Å². The number of rotatable bonds is 4. The van der Waals surface area contributed by atoms with Gasteiger partial charge in [0.1, 0.15) is 5.82 Å². The Hall–Kier alpha value is -2.50. The van der Waals surface area contributed by atoms with Crippen molar-refractivity contribution in [2.45, 2.75) is 13.0 Å². The highest BCUT2D eigenvalue weighted by molar-refractivity contribution is 6.01. The van der Waals surface area contributed by atoms with E-state index < -0.39 is 17.9 Å². The zero-order valence-corrected chi connectivity index (χ0v) is 11.0. The van der Waals surface area contributed by atoms with Gasteiger partial charge in [-0.2, -0.15) is 5.10 Å². The maximum atomic E-state index is 12.8. The predicted octanol–water partition coefficient (Wildman–Crippen LogP) is 1.99. The average molecular weight is 276 g/mol. The molecule has 0 unspecified atom stereocenters. The second kappa shape index (κ2) is 5.64. The number of Topliss-reactive ketones (excluding diaryl/α,β-unsaturated/α-hetero) is 1. The fourth-order valence-corrected chi connectivity index (χ4v) is 1.66. The monoisotopic (exact) mass is 276 g/mol. The van der Waals surface area contributed by atoms with Crippen LogP contribution in [0, 0.1) is 5.82 Å². The number of hydrogen-bond acceptors (Lipinski definition) is 4. The Labute approximate surface area is 115 Å². The molecule has 0 spiro atoms. The van der Waals surface area contributed by atoms with Gasteiger partial charge in [-0.3, -0.25) is 9.48 Å². The molecule has 0 aliphatic rings. The van der Waals surface area contributed by atoms with Crippen molar-refractivity contribution >= 4 is 11.8 Å². The highest BCUT2D eigenvalue weighted by Crippen LogP contribution is 2.10. The maximum absolute atomic E-state index is 12.8. The number of halogens is 1. The molecule has 0 fully saturated rings. The average Bonchev–Trinajstić information content (AvgIpc) is 2.85. The summed E-state index contributed by atoms with van der Waals surface area (Å²) in [5.74, 6) is -1.44. The number of carbonyl (C=O) groups is 2. The Morgan fingerprint density at radius 1 is 1.25 bits per heavy atom. The van der Waals surface area contributed by atoms with E-state index in [4.69, 9.17) is 4.74 Å². The summed E-state index contributed by atoms with van der Waals surface area (Å²) >= 11 is 0. The minimum absolute atomic E-state index is 0.270. The highest BCUT2D eigenvalue weighted by Gasteiger charge is 2.21. The lowest BCUT2D eigenvalue weighted by Gasteiger charge is -2.11. The lowest BCUT2D eigenvalue weighted by Crippen LogP contribution is -2.24. The number of benzene rings is 1. The molecule has 2 aromatic rings.